The summed E-state index contributed by atoms with van der Waals surface area (Å²) in [6, 6.07) is 13.3. The summed E-state index contributed by atoms with van der Waals surface area (Å²) in [5.74, 6) is -0.122. The van der Waals surface area contributed by atoms with Crippen molar-refractivity contribution >= 4 is 43.5 Å². The molecule has 0 spiro atoms. The first-order chi connectivity index (χ1) is 9.79. The molecule has 1 N–H and O–H groups in total. The van der Waals surface area contributed by atoms with Crippen LogP contribution in [-0.4, -0.2) is 5.91 Å². The topological polar surface area (TPSA) is 29.1 Å². The fourth-order valence-electron chi connectivity index (χ4n) is 2.02. The van der Waals surface area contributed by atoms with Gasteiger partial charge >= 0.3 is 0 Å². The van der Waals surface area contributed by atoms with Crippen molar-refractivity contribution in [2.45, 2.75) is 26.2 Å². The van der Waals surface area contributed by atoms with E-state index < -0.39 is 0 Å². The summed E-state index contributed by atoms with van der Waals surface area (Å²) in [4.78, 5) is 12.3. The van der Waals surface area contributed by atoms with Gasteiger partial charge in [-0.3, -0.25) is 4.79 Å². The Labute approximate surface area is 142 Å². The van der Waals surface area contributed by atoms with Crippen LogP contribution in [0, 0.1) is 0 Å². The van der Waals surface area contributed by atoms with Crippen molar-refractivity contribution in [3.8, 4) is 0 Å². The van der Waals surface area contributed by atoms with E-state index in [2.05, 4.69) is 57.9 Å². The quantitative estimate of drug-likeness (QED) is 0.669. The Morgan fingerprint density at radius 2 is 1.67 bits per heavy atom. The van der Waals surface area contributed by atoms with Crippen molar-refractivity contribution in [2.75, 3.05) is 5.32 Å². The second kappa shape index (κ2) is 6.32. The van der Waals surface area contributed by atoms with Gasteiger partial charge in [-0.05, 0) is 51.2 Å². The molecule has 0 fully saturated rings. The number of nitrogens with one attached hydrogen (secondary N) is 1. The predicted octanol–water partition coefficient (Wildman–Crippen LogP) is 5.76. The minimum absolute atomic E-state index is 0.0380. The van der Waals surface area contributed by atoms with Gasteiger partial charge in [0.05, 0.1) is 5.69 Å². The summed E-state index contributed by atoms with van der Waals surface area (Å²) in [7, 11) is 0. The number of para-hydroxylation sites is 1. The number of hydrogen-bond donors (Lipinski definition) is 1. The highest BCUT2D eigenvalue weighted by Crippen LogP contribution is 2.30. The van der Waals surface area contributed by atoms with Gasteiger partial charge in [0, 0.05) is 14.5 Å². The molecule has 0 unspecified atom stereocenters. The highest BCUT2D eigenvalue weighted by atomic mass is 79.9. The van der Waals surface area contributed by atoms with E-state index in [4.69, 9.17) is 0 Å². The molecule has 2 nitrogen and oxygen atoms in total. The molecule has 1 amide bonds. The fraction of sp³-hybridized carbons (Fsp3) is 0.235. The van der Waals surface area contributed by atoms with E-state index in [1.165, 1.54) is 5.56 Å². The van der Waals surface area contributed by atoms with E-state index >= 15 is 0 Å². The lowest BCUT2D eigenvalue weighted by molar-refractivity contribution is 0.102. The second-order valence-electron chi connectivity index (χ2n) is 5.88. The highest BCUT2D eigenvalue weighted by Gasteiger charge is 2.18. The second-order valence-corrected chi connectivity index (χ2v) is 7.59. The first kappa shape index (κ1) is 16.2. The first-order valence-electron chi connectivity index (χ1n) is 6.65. The van der Waals surface area contributed by atoms with Crippen LogP contribution in [-0.2, 0) is 5.41 Å². The molecule has 2 aromatic rings. The number of halogens is 2. The van der Waals surface area contributed by atoms with Crippen LogP contribution in [0.4, 0.5) is 5.69 Å². The Morgan fingerprint density at radius 3 is 2.24 bits per heavy atom. The van der Waals surface area contributed by atoms with E-state index in [9.17, 15) is 4.79 Å². The average Bonchev–Trinajstić information content (AvgIpc) is 2.39. The highest BCUT2D eigenvalue weighted by molar-refractivity contribution is 9.10. The van der Waals surface area contributed by atoms with Crippen LogP contribution in [0.5, 0.6) is 0 Å². The van der Waals surface area contributed by atoms with Crippen LogP contribution in [0.3, 0.4) is 0 Å². The van der Waals surface area contributed by atoms with Crippen LogP contribution in [0.15, 0.2) is 51.4 Å². The van der Waals surface area contributed by atoms with Crippen molar-refractivity contribution in [1.82, 2.24) is 0 Å². The molecule has 0 radical (unpaired) electrons. The number of carbonyl (C=O) groups excluding carboxylic acids is 1. The van der Waals surface area contributed by atoms with Gasteiger partial charge in [-0.1, -0.05) is 54.9 Å². The summed E-state index contributed by atoms with van der Waals surface area (Å²) in [6.07, 6.45) is 0. The van der Waals surface area contributed by atoms with Gasteiger partial charge in [-0.2, -0.15) is 0 Å². The molecule has 0 aromatic heterocycles. The van der Waals surface area contributed by atoms with Crippen LogP contribution < -0.4 is 5.32 Å². The van der Waals surface area contributed by atoms with Crippen molar-refractivity contribution in [2.24, 2.45) is 0 Å². The van der Waals surface area contributed by atoms with Gasteiger partial charge < -0.3 is 5.32 Å². The normalized spacial score (nSPS) is 11.3. The van der Waals surface area contributed by atoms with Gasteiger partial charge in [0.1, 0.15) is 0 Å². The lowest BCUT2D eigenvalue weighted by atomic mass is 9.86. The van der Waals surface area contributed by atoms with Crippen molar-refractivity contribution in [3.05, 3.63) is 62.5 Å². The summed E-state index contributed by atoms with van der Waals surface area (Å²) in [5, 5.41) is 2.91. The molecule has 0 aliphatic rings. The third-order valence-corrected chi connectivity index (χ3v) is 4.51. The largest absolute Gasteiger partial charge is 0.321 e. The number of hydrogen-bond acceptors (Lipinski definition) is 1. The average molecular weight is 411 g/mol. The Bertz CT molecular complexity index is 675. The molecule has 0 saturated carbocycles. The van der Waals surface area contributed by atoms with Crippen molar-refractivity contribution in [3.63, 3.8) is 0 Å². The number of benzene rings is 2. The summed E-state index contributed by atoms with van der Waals surface area (Å²) < 4.78 is 1.82. The Kier molecular flexibility index (Phi) is 4.89. The zero-order valence-corrected chi connectivity index (χ0v) is 15.4. The lowest BCUT2D eigenvalue weighted by Crippen LogP contribution is -2.15. The molecular weight excluding hydrogens is 394 g/mol. The molecule has 0 aliphatic carbocycles. The molecule has 2 rings (SSSR count). The summed E-state index contributed by atoms with van der Waals surface area (Å²) in [5.41, 5.74) is 2.61. The smallest absolute Gasteiger partial charge is 0.255 e. The molecule has 4 heteroatoms. The molecule has 0 atom stereocenters. The lowest BCUT2D eigenvalue weighted by Gasteiger charge is -2.21. The van der Waals surface area contributed by atoms with Gasteiger partial charge in [0.15, 0.2) is 0 Å². The zero-order valence-electron chi connectivity index (χ0n) is 12.2. The zero-order chi connectivity index (χ0) is 15.6. The van der Waals surface area contributed by atoms with Crippen LogP contribution in [0.1, 0.15) is 36.7 Å². The first-order valence-corrected chi connectivity index (χ1v) is 8.23. The molecule has 0 aliphatic heterocycles. The number of amides is 1. The Morgan fingerprint density at radius 1 is 1.00 bits per heavy atom. The monoisotopic (exact) mass is 409 g/mol. The SMILES string of the molecule is CC(C)(C)c1ccc(C(=O)Nc2ccccc2Br)cc1Br. The third kappa shape index (κ3) is 3.95. The number of anilines is 1. The number of carbonyl (C=O) groups is 1. The number of rotatable bonds is 2. The van der Waals surface area contributed by atoms with Crippen LogP contribution >= 0.6 is 31.9 Å². The van der Waals surface area contributed by atoms with Gasteiger partial charge in [-0.25, -0.2) is 0 Å². The van der Waals surface area contributed by atoms with Gasteiger partial charge in [0.2, 0.25) is 0 Å². The maximum Gasteiger partial charge on any atom is 0.255 e. The van der Waals surface area contributed by atoms with E-state index in [0.717, 1.165) is 14.6 Å². The molecule has 0 heterocycles. The standard InChI is InChI=1S/C17H17Br2NO/c1-17(2,3)12-9-8-11(10-14(12)19)16(21)20-15-7-5-4-6-13(15)18/h4-10H,1-3H3,(H,20,21). The molecule has 110 valence electrons. The summed E-state index contributed by atoms with van der Waals surface area (Å²) in [6.45, 7) is 6.44. The summed E-state index contributed by atoms with van der Waals surface area (Å²) >= 11 is 6.99. The maximum atomic E-state index is 12.3. The van der Waals surface area contributed by atoms with Crippen molar-refractivity contribution in [1.29, 1.82) is 0 Å². The minimum atomic E-state index is -0.122. The Hall–Kier alpha value is -1.13. The van der Waals surface area contributed by atoms with Crippen molar-refractivity contribution < 1.29 is 4.79 Å². The van der Waals surface area contributed by atoms with E-state index in [-0.39, 0.29) is 11.3 Å². The molecule has 21 heavy (non-hydrogen) atoms. The molecule has 2 aromatic carbocycles. The van der Waals surface area contributed by atoms with E-state index in [1.54, 1.807) is 0 Å². The van der Waals surface area contributed by atoms with Crippen LogP contribution in [0.2, 0.25) is 0 Å². The van der Waals surface area contributed by atoms with Crippen LogP contribution in [0.25, 0.3) is 0 Å². The molecule has 0 saturated heterocycles. The molecular formula is C17H17Br2NO. The van der Waals surface area contributed by atoms with Gasteiger partial charge in [-0.15, -0.1) is 0 Å². The maximum absolute atomic E-state index is 12.3. The third-order valence-electron chi connectivity index (χ3n) is 3.16. The Balaban J connectivity index is 2.25. The predicted molar refractivity (Wildman–Crippen MR) is 94.9 cm³/mol. The fourth-order valence-corrected chi connectivity index (χ4v) is 3.38. The minimum Gasteiger partial charge on any atom is -0.321 e. The van der Waals surface area contributed by atoms with E-state index in [0.29, 0.717) is 5.56 Å². The van der Waals surface area contributed by atoms with Gasteiger partial charge in [0.25, 0.3) is 5.91 Å². The molecule has 0 bridgehead atoms. The van der Waals surface area contributed by atoms with E-state index in [1.807, 2.05) is 42.5 Å².